The summed E-state index contributed by atoms with van der Waals surface area (Å²) < 4.78 is 7.51. The summed E-state index contributed by atoms with van der Waals surface area (Å²) in [4.78, 5) is 0. The van der Waals surface area contributed by atoms with Crippen LogP contribution in [0.4, 0.5) is 0 Å². The van der Waals surface area contributed by atoms with Gasteiger partial charge < -0.3 is 10.5 Å². The second-order valence-electron chi connectivity index (χ2n) is 3.39. The lowest BCUT2D eigenvalue weighted by Crippen LogP contribution is -2.13. The molecule has 0 radical (unpaired) electrons. The van der Waals surface area contributed by atoms with Crippen molar-refractivity contribution in [2.75, 3.05) is 6.54 Å². The van der Waals surface area contributed by atoms with Gasteiger partial charge in [-0.05, 0) is 33.2 Å². The van der Waals surface area contributed by atoms with E-state index in [9.17, 15) is 0 Å². The zero-order valence-electron chi connectivity index (χ0n) is 8.94. The Morgan fingerprint density at radius 1 is 1.64 bits per heavy atom. The highest BCUT2D eigenvalue weighted by molar-refractivity contribution is 5.11. The second-order valence-corrected chi connectivity index (χ2v) is 3.39. The lowest BCUT2D eigenvalue weighted by molar-refractivity contribution is 0.208. The number of aromatic nitrogens is 2. The largest absolute Gasteiger partial charge is 0.487 e. The van der Waals surface area contributed by atoms with Crippen molar-refractivity contribution >= 4 is 0 Å². The van der Waals surface area contributed by atoms with Crippen molar-refractivity contribution in [1.29, 1.82) is 0 Å². The van der Waals surface area contributed by atoms with Crippen LogP contribution in [0, 0.1) is 0 Å². The van der Waals surface area contributed by atoms with Gasteiger partial charge in [0.2, 0.25) is 0 Å². The minimum absolute atomic E-state index is 0.216. The minimum atomic E-state index is 0.216. The van der Waals surface area contributed by atoms with Gasteiger partial charge in [0.25, 0.3) is 0 Å². The zero-order valence-corrected chi connectivity index (χ0v) is 8.94. The molecule has 4 heteroatoms. The third kappa shape index (κ3) is 3.38. The molecule has 0 bridgehead atoms. The first kappa shape index (κ1) is 11.0. The molecular weight excluding hydrogens is 178 g/mol. The maximum absolute atomic E-state index is 5.66. The molecule has 1 aromatic heterocycles. The Morgan fingerprint density at radius 2 is 2.43 bits per heavy atom. The molecule has 0 amide bonds. The number of rotatable bonds is 6. The molecule has 2 N–H and O–H groups in total. The van der Waals surface area contributed by atoms with Crippen LogP contribution in [0.5, 0.6) is 5.75 Å². The fourth-order valence-electron chi connectivity index (χ4n) is 1.27. The number of ether oxygens (including phenoxy) is 1. The minimum Gasteiger partial charge on any atom is -0.487 e. The van der Waals surface area contributed by atoms with Crippen LogP contribution < -0.4 is 10.5 Å². The SMILES string of the molecule is CCn1cc(OC(C)CCCN)cn1. The normalized spacial score (nSPS) is 12.8. The van der Waals surface area contributed by atoms with E-state index in [0.29, 0.717) is 0 Å². The van der Waals surface area contributed by atoms with Crippen molar-refractivity contribution in [2.45, 2.75) is 39.3 Å². The molecule has 0 fully saturated rings. The van der Waals surface area contributed by atoms with Gasteiger partial charge in [0.05, 0.1) is 18.5 Å². The summed E-state index contributed by atoms with van der Waals surface area (Å²) in [6.07, 6.45) is 5.88. The quantitative estimate of drug-likeness (QED) is 0.750. The van der Waals surface area contributed by atoms with Crippen LogP contribution in [-0.2, 0) is 6.54 Å². The van der Waals surface area contributed by atoms with Crippen LogP contribution in [0.15, 0.2) is 12.4 Å². The van der Waals surface area contributed by atoms with Gasteiger partial charge in [-0.15, -0.1) is 0 Å². The van der Waals surface area contributed by atoms with Crippen molar-refractivity contribution in [2.24, 2.45) is 5.73 Å². The van der Waals surface area contributed by atoms with Gasteiger partial charge in [0, 0.05) is 6.54 Å². The molecular formula is C10H19N3O. The van der Waals surface area contributed by atoms with E-state index in [4.69, 9.17) is 10.5 Å². The summed E-state index contributed by atoms with van der Waals surface area (Å²) in [6, 6.07) is 0. The topological polar surface area (TPSA) is 53.1 Å². The molecule has 0 saturated heterocycles. The van der Waals surface area contributed by atoms with Crippen molar-refractivity contribution in [1.82, 2.24) is 9.78 Å². The van der Waals surface area contributed by atoms with Crippen LogP contribution in [0.2, 0.25) is 0 Å². The summed E-state index contributed by atoms with van der Waals surface area (Å²) in [6.45, 7) is 5.70. The van der Waals surface area contributed by atoms with Gasteiger partial charge in [0.1, 0.15) is 0 Å². The number of hydrogen-bond acceptors (Lipinski definition) is 3. The fraction of sp³-hybridized carbons (Fsp3) is 0.700. The number of aryl methyl sites for hydroxylation is 1. The first-order valence-corrected chi connectivity index (χ1v) is 5.15. The predicted molar refractivity (Wildman–Crippen MR) is 56.3 cm³/mol. The molecule has 14 heavy (non-hydrogen) atoms. The van der Waals surface area contributed by atoms with Gasteiger partial charge in [-0.2, -0.15) is 5.10 Å². The van der Waals surface area contributed by atoms with E-state index >= 15 is 0 Å². The molecule has 1 rings (SSSR count). The number of nitrogens with two attached hydrogens (primary N) is 1. The third-order valence-corrected chi connectivity index (χ3v) is 2.09. The molecule has 1 heterocycles. The Balaban J connectivity index is 2.35. The summed E-state index contributed by atoms with van der Waals surface area (Å²) >= 11 is 0. The van der Waals surface area contributed by atoms with E-state index in [1.54, 1.807) is 6.20 Å². The number of hydrogen-bond donors (Lipinski definition) is 1. The molecule has 1 aromatic rings. The standard InChI is InChI=1S/C10H19N3O/c1-3-13-8-10(7-12-13)14-9(2)5-4-6-11/h7-9H,3-6,11H2,1-2H3. The average Bonchev–Trinajstić information content (AvgIpc) is 2.62. The molecule has 80 valence electrons. The van der Waals surface area contributed by atoms with Gasteiger partial charge in [-0.3, -0.25) is 4.68 Å². The average molecular weight is 197 g/mol. The van der Waals surface area contributed by atoms with Crippen LogP contribution in [0.1, 0.15) is 26.7 Å². The Hall–Kier alpha value is -1.03. The molecule has 0 aliphatic carbocycles. The van der Waals surface area contributed by atoms with Gasteiger partial charge in [-0.1, -0.05) is 0 Å². The van der Waals surface area contributed by atoms with Gasteiger partial charge in [-0.25, -0.2) is 0 Å². The highest BCUT2D eigenvalue weighted by atomic mass is 16.5. The molecule has 0 aromatic carbocycles. The van der Waals surface area contributed by atoms with E-state index in [1.165, 1.54) is 0 Å². The highest BCUT2D eigenvalue weighted by Gasteiger charge is 2.04. The lowest BCUT2D eigenvalue weighted by Gasteiger charge is -2.11. The Labute approximate surface area is 85.0 Å². The molecule has 0 spiro atoms. The zero-order chi connectivity index (χ0) is 10.4. The molecule has 0 saturated carbocycles. The number of nitrogens with zero attached hydrogens (tertiary/aromatic N) is 2. The monoisotopic (exact) mass is 197 g/mol. The molecule has 1 atom stereocenters. The van der Waals surface area contributed by atoms with Crippen LogP contribution in [0.3, 0.4) is 0 Å². The van der Waals surface area contributed by atoms with E-state index in [0.717, 1.165) is 31.7 Å². The van der Waals surface area contributed by atoms with Crippen molar-refractivity contribution in [3.63, 3.8) is 0 Å². The second kappa shape index (κ2) is 5.65. The first-order valence-electron chi connectivity index (χ1n) is 5.15. The lowest BCUT2D eigenvalue weighted by atomic mass is 10.2. The molecule has 0 aliphatic rings. The van der Waals surface area contributed by atoms with Crippen LogP contribution in [0.25, 0.3) is 0 Å². The Kier molecular flexibility index (Phi) is 4.46. The maximum Gasteiger partial charge on any atom is 0.157 e. The van der Waals surface area contributed by atoms with Crippen molar-refractivity contribution < 1.29 is 4.74 Å². The molecule has 4 nitrogen and oxygen atoms in total. The van der Waals surface area contributed by atoms with Crippen LogP contribution >= 0.6 is 0 Å². The molecule has 1 unspecified atom stereocenters. The third-order valence-electron chi connectivity index (χ3n) is 2.09. The molecule has 0 aliphatic heterocycles. The van der Waals surface area contributed by atoms with E-state index < -0.39 is 0 Å². The Bertz CT molecular complexity index is 260. The summed E-state index contributed by atoms with van der Waals surface area (Å²) in [5, 5.41) is 4.13. The van der Waals surface area contributed by atoms with Gasteiger partial charge >= 0.3 is 0 Å². The van der Waals surface area contributed by atoms with E-state index in [-0.39, 0.29) is 6.10 Å². The van der Waals surface area contributed by atoms with E-state index in [1.807, 2.05) is 10.9 Å². The van der Waals surface area contributed by atoms with Crippen molar-refractivity contribution in [3.05, 3.63) is 12.4 Å². The highest BCUT2D eigenvalue weighted by Crippen LogP contribution is 2.12. The summed E-state index contributed by atoms with van der Waals surface area (Å²) in [5.74, 6) is 0.844. The first-order chi connectivity index (χ1) is 6.76. The van der Waals surface area contributed by atoms with Crippen LogP contribution in [-0.4, -0.2) is 22.4 Å². The van der Waals surface area contributed by atoms with Gasteiger partial charge in [0.15, 0.2) is 5.75 Å². The smallest absolute Gasteiger partial charge is 0.157 e. The predicted octanol–water partition coefficient (Wildman–Crippen LogP) is 1.41. The Morgan fingerprint density at radius 3 is 3.00 bits per heavy atom. The fourth-order valence-corrected chi connectivity index (χ4v) is 1.27. The maximum atomic E-state index is 5.66. The van der Waals surface area contributed by atoms with Crippen molar-refractivity contribution in [3.8, 4) is 5.75 Å². The summed E-state index contributed by atoms with van der Waals surface area (Å²) in [5.41, 5.74) is 5.42. The summed E-state index contributed by atoms with van der Waals surface area (Å²) in [7, 11) is 0. The van der Waals surface area contributed by atoms with E-state index in [2.05, 4.69) is 18.9 Å².